The van der Waals surface area contributed by atoms with Crippen molar-refractivity contribution in [3.63, 3.8) is 0 Å². The van der Waals surface area contributed by atoms with E-state index in [9.17, 15) is 8.78 Å². The molecule has 1 N–H and O–H groups in total. The number of hydrogen-bond donors (Lipinski definition) is 1. The van der Waals surface area contributed by atoms with Gasteiger partial charge in [0.25, 0.3) is 0 Å². The molecule has 0 radical (unpaired) electrons. The molecule has 130 valence electrons. The summed E-state index contributed by atoms with van der Waals surface area (Å²) in [5.41, 5.74) is 0.650. The van der Waals surface area contributed by atoms with Gasteiger partial charge in [-0.2, -0.15) is 0 Å². The first kappa shape index (κ1) is 18.2. The highest BCUT2D eigenvalue weighted by Gasteiger charge is 2.46. The molecule has 7 heteroatoms. The molecule has 1 aromatic carbocycles. The van der Waals surface area contributed by atoms with E-state index in [4.69, 9.17) is 4.74 Å². The van der Waals surface area contributed by atoms with Gasteiger partial charge in [-0.05, 0) is 11.5 Å². The van der Waals surface area contributed by atoms with Crippen LogP contribution in [0.5, 0.6) is 11.5 Å². The Morgan fingerprint density at radius 3 is 2.43 bits per heavy atom. The second kappa shape index (κ2) is 6.42. The van der Waals surface area contributed by atoms with Gasteiger partial charge in [0.05, 0.1) is 0 Å². The zero-order valence-electron chi connectivity index (χ0n) is 13.6. The van der Waals surface area contributed by atoms with Crippen molar-refractivity contribution in [2.45, 2.75) is 33.1 Å². The third-order valence-electron chi connectivity index (χ3n) is 4.09. The minimum Gasteiger partial charge on any atom is -0.395 e. The van der Waals surface area contributed by atoms with Crippen molar-refractivity contribution in [2.24, 2.45) is 5.41 Å². The predicted molar refractivity (Wildman–Crippen MR) is 86.5 cm³/mol. The zero-order valence-corrected chi connectivity index (χ0v) is 14.4. The Bertz CT molecular complexity index is 558. The van der Waals surface area contributed by atoms with Crippen LogP contribution >= 0.6 is 12.4 Å². The number of nitrogens with zero attached hydrogens (tertiary/aromatic N) is 1. The van der Waals surface area contributed by atoms with Gasteiger partial charge in [0, 0.05) is 37.8 Å². The van der Waals surface area contributed by atoms with Crippen LogP contribution in [0.25, 0.3) is 0 Å². The van der Waals surface area contributed by atoms with E-state index in [0.29, 0.717) is 0 Å². The Kier molecular flexibility index (Phi) is 5.09. The zero-order chi connectivity index (χ0) is 16.0. The van der Waals surface area contributed by atoms with Crippen molar-refractivity contribution in [3.05, 3.63) is 23.8 Å². The molecule has 0 amide bonds. The molecule has 1 saturated heterocycles. The van der Waals surface area contributed by atoms with Gasteiger partial charge in [-0.3, -0.25) is 4.90 Å². The number of nitrogens with one attached hydrogen (secondary N) is 1. The largest absolute Gasteiger partial charge is 0.586 e. The predicted octanol–water partition coefficient (Wildman–Crippen LogP) is 3.42. The van der Waals surface area contributed by atoms with Gasteiger partial charge in [0.1, 0.15) is 0 Å². The van der Waals surface area contributed by atoms with E-state index >= 15 is 0 Å². The quantitative estimate of drug-likeness (QED) is 0.888. The number of benzene rings is 1. The fraction of sp³-hybridized carbons (Fsp3) is 0.625. The molecule has 0 spiro atoms. The maximum atomic E-state index is 13.5. The molecule has 0 saturated carbocycles. The SMILES string of the molecule is CC(C)(C)[C@@H](c1cccc2c1OC(F)(F)O2)N1CCNCC1.Cl. The first-order chi connectivity index (χ1) is 10.3. The normalized spacial score (nSPS) is 21.6. The number of alkyl halides is 2. The van der Waals surface area contributed by atoms with Crippen LogP contribution in [0.3, 0.4) is 0 Å². The average molecular weight is 349 g/mol. The molecular weight excluding hydrogens is 326 g/mol. The lowest BCUT2D eigenvalue weighted by atomic mass is 9.80. The number of fused-ring (bicyclic) bond motifs is 1. The highest BCUT2D eigenvalue weighted by molar-refractivity contribution is 5.85. The highest BCUT2D eigenvalue weighted by Crippen LogP contribution is 2.50. The molecule has 3 rings (SSSR count). The summed E-state index contributed by atoms with van der Waals surface area (Å²) in [5.74, 6) is 0.290. The van der Waals surface area contributed by atoms with Crippen LogP contribution in [0.4, 0.5) is 8.78 Å². The highest BCUT2D eigenvalue weighted by atomic mass is 35.5. The molecule has 0 aliphatic carbocycles. The molecule has 4 nitrogen and oxygen atoms in total. The molecule has 1 fully saturated rings. The van der Waals surface area contributed by atoms with Gasteiger partial charge in [-0.25, -0.2) is 0 Å². The summed E-state index contributed by atoms with van der Waals surface area (Å²) < 4.78 is 36.3. The lowest BCUT2D eigenvalue weighted by Gasteiger charge is -2.42. The fourth-order valence-corrected chi connectivity index (χ4v) is 3.36. The lowest BCUT2D eigenvalue weighted by Crippen LogP contribution is -2.48. The van der Waals surface area contributed by atoms with Crippen LogP contribution in [0.15, 0.2) is 18.2 Å². The molecule has 2 heterocycles. The molecule has 0 bridgehead atoms. The van der Waals surface area contributed by atoms with Crippen LogP contribution in [-0.2, 0) is 0 Å². The summed E-state index contributed by atoms with van der Waals surface area (Å²) in [6, 6.07) is 5.13. The molecule has 2 aliphatic rings. The average Bonchev–Trinajstić information content (AvgIpc) is 2.73. The van der Waals surface area contributed by atoms with Crippen molar-refractivity contribution >= 4 is 12.4 Å². The molecular formula is C16H23ClF2N2O2. The van der Waals surface area contributed by atoms with E-state index in [1.807, 2.05) is 6.07 Å². The minimum atomic E-state index is -3.58. The summed E-state index contributed by atoms with van der Waals surface area (Å²) in [5, 5.41) is 3.32. The summed E-state index contributed by atoms with van der Waals surface area (Å²) in [7, 11) is 0. The number of halogens is 3. The van der Waals surface area contributed by atoms with E-state index in [-0.39, 0.29) is 35.4 Å². The second-order valence-electron chi connectivity index (χ2n) is 6.90. The summed E-state index contributed by atoms with van der Waals surface area (Å²) >= 11 is 0. The summed E-state index contributed by atoms with van der Waals surface area (Å²) in [6.07, 6.45) is -3.58. The summed E-state index contributed by atoms with van der Waals surface area (Å²) in [6.45, 7) is 9.91. The van der Waals surface area contributed by atoms with Crippen molar-refractivity contribution in [3.8, 4) is 11.5 Å². The Morgan fingerprint density at radius 1 is 1.17 bits per heavy atom. The maximum Gasteiger partial charge on any atom is 0.586 e. The molecule has 0 unspecified atom stereocenters. The van der Waals surface area contributed by atoms with E-state index in [2.05, 4.69) is 35.7 Å². The number of rotatable bonds is 2. The van der Waals surface area contributed by atoms with Crippen LogP contribution in [0.1, 0.15) is 32.4 Å². The van der Waals surface area contributed by atoms with Crippen molar-refractivity contribution in [2.75, 3.05) is 26.2 Å². The van der Waals surface area contributed by atoms with Crippen LogP contribution in [0.2, 0.25) is 0 Å². The van der Waals surface area contributed by atoms with E-state index in [0.717, 1.165) is 31.7 Å². The van der Waals surface area contributed by atoms with Crippen molar-refractivity contribution < 1.29 is 18.3 Å². The Balaban J connectivity index is 0.00000192. The van der Waals surface area contributed by atoms with Gasteiger partial charge >= 0.3 is 6.29 Å². The Morgan fingerprint density at radius 2 is 1.83 bits per heavy atom. The van der Waals surface area contributed by atoms with Crippen molar-refractivity contribution in [1.82, 2.24) is 10.2 Å². The third-order valence-corrected chi connectivity index (χ3v) is 4.09. The van der Waals surface area contributed by atoms with Gasteiger partial charge < -0.3 is 14.8 Å². The van der Waals surface area contributed by atoms with E-state index in [1.54, 1.807) is 6.07 Å². The number of ether oxygens (including phenoxy) is 2. The molecule has 23 heavy (non-hydrogen) atoms. The number of piperazine rings is 1. The van der Waals surface area contributed by atoms with Gasteiger partial charge in [-0.15, -0.1) is 21.2 Å². The number of para-hydroxylation sites is 1. The monoisotopic (exact) mass is 348 g/mol. The molecule has 2 aliphatic heterocycles. The van der Waals surface area contributed by atoms with E-state index in [1.165, 1.54) is 6.07 Å². The molecule has 0 aromatic heterocycles. The second-order valence-corrected chi connectivity index (χ2v) is 6.90. The topological polar surface area (TPSA) is 33.7 Å². The molecule has 1 atom stereocenters. The summed E-state index contributed by atoms with van der Waals surface area (Å²) in [4.78, 5) is 2.33. The molecule has 1 aromatic rings. The van der Waals surface area contributed by atoms with Gasteiger partial charge in [-0.1, -0.05) is 32.9 Å². The third kappa shape index (κ3) is 3.70. The van der Waals surface area contributed by atoms with Gasteiger partial charge in [0.15, 0.2) is 11.5 Å². The standard InChI is InChI=1S/C16H22F2N2O2.ClH/c1-15(2,3)14(20-9-7-19-8-10-20)11-5-4-6-12-13(11)22-16(17,18)21-12;/h4-6,14,19H,7-10H2,1-3H3;1H/t14-;/m1./s1. The van der Waals surface area contributed by atoms with E-state index < -0.39 is 6.29 Å². The first-order valence-corrected chi connectivity index (χ1v) is 7.61. The van der Waals surface area contributed by atoms with Crippen LogP contribution in [0, 0.1) is 5.41 Å². The van der Waals surface area contributed by atoms with Crippen molar-refractivity contribution in [1.29, 1.82) is 0 Å². The Hall–Kier alpha value is -1.11. The van der Waals surface area contributed by atoms with Crippen LogP contribution < -0.4 is 14.8 Å². The maximum absolute atomic E-state index is 13.5. The first-order valence-electron chi connectivity index (χ1n) is 7.61. The number of hydrogen-bond acceptors (Lipinski definition) is 4. The Labute approximate surface area is 141 Å². The van der Waals surface area contributed by atoms with Gasteiger partial charge in [0.2, 0.25) is 0 Å². The van der Waals surface area contributed by atoms with Crippen LogP contribution in [-0.4, -0.2) is 37.4 Å². The lowest BCUT2D eigenvalue weighted by molar-refractivity contribution is -0.287. The smallest absolute Gasteiger partial charge is 0.395 e. The minimum absolute atomic E-state index is 0. The fourth-order valence-electron chi connectivity index (χ4n) is 3.36.